The highest BCUT2D eigenvalue weighted by Gasteiger charge is 2.30. The van der Waals surface area contributed by atoms with Crippen LogP contribution in [0.2, 0.25) is 0 Å². The summed E-state index contributed by atoms with van der Waals surface area (Å²) < 4.78 is 11.1. The van der Waals surface area contributed by atoms with Crippen LogP contribution in [-0.4, -0.2) is 62.4 Å². The number of rotatable bonds is 3. The lowest BCUT2D eigenvalue weighted by atomic mass is 10.1. The third-order valence-electron chi connectivity index (χ3n) is 3.30. The van der Waals surface area contributed by atoms with Gasteiger partial charge in [0, 0.05) is 32.8 Å². The number of nitrogens with one attached hydrogen (secondary N) is 1. The predicted molar refractivity (Wildman–Crippen MR) is 63.8 cm³/mol. The number of carbonyl (C=O) groups is 1. The third-order valence-corrected chi connectivity index (χ3v) is 3.30. The zero-order chi connectivity index (χ0) is 12.1. The lowest BCUT2D eigenvalue weighted by Crippen LogP contribution is -2.52. The molecule has 17 heavy (non-hydrogen) atoms. The Bertz CT molecular complexity index is 252. The van der Waals surface area contributed by atoms with Crippen LogP contribution in [0.5, 0.6) is 0 Å². The summed E-state index contributed by atoms with van der Waals surface area (Å²) in [6.07, 6.45) is 1.98. The fourth-order valence-corrected chi connectivity index (χ4v) is 2.44. The van der Waals surface area contributed by atoms with E-state index >= 15 is 0 Å². The van der Waals surface area contributed by atoms with Crippen LogP contribution >= 0.6 is 0 Å². The zero-order valence-corrected chi connectivity index (χ0v) is 10.5. The number of ether oxygens (including phenoxy) is 2. The Kier molecular flexibility index (Phi) is 4.76. The lowest BCUT2D eigenvalue weighted by molar-refractivity contribution is -0.149. The number of nitrogens with zero attached hydrogens (tertiary/aromatic N) is 1. The topological polar surface area (TPSA) is 50.8 Å². The standard InChI is InChI=1S/C12H22N2O3/c1-2-16-10-4-3-6-14(9-10)12(15)11-8-13-5-7-17-11/h10-11,13H,2-9H2,1H3/t10-,11+/m1/s1. The van der Waals surface area contributed by atoms with E-state index in [4.69, 9.17) is 9.47 Å². The second kappa shape index (κ2) is 6.33. The van der Waals surface area contributed by atoms with Crippen molar-refractivity contribution in [3.05, 3.63) is 0 Å². The molecule has 2 heterocycles. The van der Waals surface area contributed by atoms with E-state index in [1.807, 2.05) is 11.8 Å². The van der Waals surface area contributed by atoms with E-state index in [0.29, 0.717) is 26.3 Å². The van der Waals surface area contributed by atoms with Gasteiger partial charge in [0.1, 0.15) is 6.10 Å². The van der Waals surface area contributed by atoms with E-state index in [0.717, 1.165) is 25.9 Å². The number of likely N-dealkylation sites (tertiary alicyclic amines) is 1. The Morgan fingerprint density at radius 2 is 2.47 bits per heavy atom. The molecule has 5 nitrogen and oxygen atoms in total. The second-order valence-corrected chi connectivity index (χ2v) is 4.57. The number of carbonyl (C=O) groups excluding carboxylic acids is 1. The summed E-state index contributed by atoms with van der Waals surface area (Å²) in [6.45, 7) is 6.36. The normalized spacial score (nSPS) is 30.3. The number of morpholine rings is 1. The molecule has 0 saturated carbocycles. The molecule has 5 heteroatoms. The Hall–Kier alpha value is -0.650. The van der Waals surface area contributed by atoms with Crippen molar-refractivity contribution in [3.63, 3.8) is 0 Å². The molecule has 0 aromatic carbocycles. The molecule has 2 aliphatic heterocycles. The molecule has 1 N–H and O–H groups in total. The van der Waals surface area contributed by atoms with Crippen LogP contribution in [0.25, 0.3) is 0 Å². The van der Waals surface area contributed by atoms with Gasteiger partial charge in [-0.1, -0.05) is 0 Å². The summed E-state index contributed by atoms with van der Waals surface area (Å²) in [5.41, 5.74) is 0. The Morgan fingerprint density at radius 3 is 3.18 bits per heavy atom. The fourth-order valence-electron chi connectivity index (χ4n) is 2.44. The average Bonchev–Trinajstić information content (AvgIpc) is 2.40. The summed E-state index contributed by atoms with van der Waals surface area (Å²) in [6, 6.07) is 0. The molecule has 2 fully saturated rings. The first-order valence-electron chi connectivity index (χ1n) is 6.54. The number of hydrogen-bond donors (Lipinski definition) is 1. The molecule has 2 rings (SSSR count). The highest BCUT2D eigenvalue weighted by Crippen LogP contribution is 2.15. The predicted octanol–water partition coefficient (Wildman–Crippen LogP) is 0.00230. The maximum atomic E-state index is 12.2. The maximum absolute atomic E-state index is 12.2. The zero-order valence-electron chi connectivity index (χ0n) is 10.5. The second-order valence-electron chi connectivity index (χ2n) is 4.57. The average molecular weight is 242 g/mol. The first kappa shape index (κ1) is 12.8. The minimum atomic E-state index is -0.302. The van der Waals surface area contributed by atoms with E-state index < -0.39 is 0 Å². The molecule has 0 spiro atoms. The number of amides is 1. The summed E-state index contributed by atoms with van der Waals surface area (Å²) in [5, 5.41) is 3.19. The van der Waals surface area contributed by atoms with Crippen LogP contribution in [0.3, 0.4) is 0 Å². The molecule has 0 unspecified atom stereocenters. The highest BCUT2D eigenvalue weighted by atomic mass is 16.5. The van der Waals surface area contributed by atoms with Gasteiger partial charge >= 0.3 is 0 Å². The molecule has 0 bridgehead atoms. The Morgan fingerprint density at radius 1 is 1.59 bits per heavy atom. The summed E-state index contributed by atoms with van der Waals surface area (Å²) >= 11 is 0. The van der Waals surface area contributed by atoms with Gasteiger partial charge in [0.15, 0.2) is 0 Å². The van der Waals surface area contributed by atoms with E-state index in [1.54, 1.807) is 0 Å². The van der Waals surface area contributed by atoms with Crippen molar-refractivity contribution in [2.45, 2.75) is 32.0 Å². The fraction of sp³-hybridized carbons (Fsp3) is 0.917. The van der Waals surface area contributed by atoms with Gasteiger partial charge in [0.05, 0.1) is 12.7 Å². The molecule has 0 aromatic rings. The van der Waals surface area contributed by atoms with E-state index in [9.17, 15) is 4.79 Å². The van der Waals surface area contributed by atoms with Crippen LogP contribution in [0, 0.1) is 0 Å². The molecular weight excluding hydrogens is 220 g/mol. The molecule has 2 aliphatic rings. The molecular formula is C12H22N2O3. The minimum Gasteiger partial charge on any atom is -0.377 e. The van der Waals surface area contributed by atoms with Gasteiger partial charge in [-0.05, 0) is 19.8 Å². The summed E-state index contributed by atoms with van der Waals surface area (Å²) in [7, 11) is 0. The van der Waals surface area contributed by atoms with Crippen LogP contribution in [-0.2, 0) is 14.3 Å². The molecule has 2 atom stereocenters. The minimum absolute atomic E-state index is 0.113. The largest absolute Gasteiger partial charge is 0.377 e. The Labute approximate surface area is 102 Å². The number of piperidine rings is 1. The van der Waals surface area contributed by atoms with Crippen molar-refractivity contribution in [1.29, 1.82) is 0 Å². The summed E-state index contributed by atoms with van der Waals surface area (Å²) in [4.78, 5) is 14.1. The van der Waals surface area contributed by atoms with Crippen molar-refractivity contribution in [2.24, 2.45) is 0 Å². The van der Waals surface area contributed by atoms with E-state index in [-0.39, 0.29) is 18.1 Å². The van der Waals surface area contributed by atoms with Gasteiger partial charge in [0.2, 0.25) is 0 Å². The van der Waals surface area contributed by atoms with Crippen LogP contribution in [0.1, 0.15) is 19.8 Å². The van der Waals surface area contributed by atoms with Gasteiger partial charge in [0.25, 0.3) is 5.91 Å². The number of hydrogen-bond acceptors (Lipinski definition) is 4. The van der Waals surface area contributed by atoms with E-state index in [1.165, 1.54) is 0 Å². The van der Waals surface area contributed by atoms with Gasteiger partial charge in [-0.15, -0.1) is 0 Å². The Balaban J connectivity index is 1.85. The van der Waals surface area contributed by atoms with Gasteiger partial charge in [-0.2, -0.15) is 0 Å². The molecule has 0 aliphatic carbocycles. The first-order valence-corrected chi connectivity index (χ1v) is 6.54. The molecule has 1 amide bonds. The first-order chi connectivity index (χ1) is 8.31. The maximum Gasteiger partial charge on any atom is 0.253 e. The molecule has 2 saturated heterocycles. The van der Waals surface area contributed by atoms with Crippen LogP contribution in [0.4, 0.5) is 0 Å². The van der Waals surface area contributed by atoms with Crippen molar-refractivity contribution in [1.82, 2.24) is 10.2 Å². The van der Waals surface area contributed by atoms with Crippen molar-refractivity contribution < 1.29 is 14.3 Å². The molecule has 98 valence electrons. The lowest BCUT2D eigenvalue weighted by Gasteiger charge is -2.35. The van der Waals surface area contributed by atoms with Gasteiger partial charge in [-0.25, -0.2) is 0 Å². The quantitative estimate of drug-likeness (QED) is 0.757. The molecule has 0 radical (unpaired) electrons. The van der Waals surface area contributed by atoms with E-state index in [2.05, 4.69) is 5.32 Å². The summed E-state index contributed by atoms with van der Waals surface area (Å²) in [5.74, 6) is 0.113. The van der Waals surface area contributed by atoms with Crippen LogP contribution < -0.4 is 5.32 Å². The highest BCUT2D eigenvalue weighted by molar-refractivity contribution is 5.81. The third kappa shape index (κ3) is 3.40. The van der Waals surface area contributed by atoms with Crippen molar-refractivity contribution in [2.75, 3.05) is 39.4 Å². The monoisotopic (exact) mass is 242 g/mol. The smallest absolute Gasteiger partial charge is 0.253 e. The van der Waals surface area contributed by atoms with Gasteiger partial charge in [-0.3, -0.25) is 4.79 Å². The van der Waals surface area contributed by atoms with Crippen molar-refractivity contribution in [3.8, 4) is 0 Å². The van der Waals surface area contributed by atoms with Gasteiger partial charge < -0.3 is 19.7 Å². The van der Waals surface area contributed by atoms with Crippen molar-refractivity contribution >= 4 is 5.91 Å². The SMILES string of the molecule is CCO[C@@H]1CCCN(C(=O)[C@@H]2CNCCO2)C1. The molecule has 0 aromatic heterocycles. The van der Waals surface area contributed by atoms with Crippen LogP contribution in [0.15, 0.2) is 0 Å².